The first-order chi connectivity index (χ1) is 11.6. The van der Waals surface area contributed by atoms with Crippen LogP contribution in [0.4, 0.5) is 0 Å². The van der Waals surface area contributed by atoms with Crippen LogP contribution in [0, 0.1) is 5.92 Å². The van der Waals surface area contributed by atoms with E-state index in [0.29, 0.717) is 19.0 Å². The van der Waals surface area contributed by atoms with E-state index in [1.165, 1.54) is 11.3 Å². The van der Waals surface area contributed by atoms with Crippen LogP contribution in [0.2, 0.25) is 0 Å². The van der Waals surface area contributed by atoms with Gasteiger partial charge in [0.1, 0.15) is 4.88 Å². The SMILES string of the molecule is CC(C)c1ncc(C(=O)N2CCC(C(O)c3ccccc3)CC2)s1. The topological polar surface area (TPSA) is 53.4 Å². The summed E-state index contributed by atoms with van der Waals surface area (Å²) in [6.45, 7) is 5.57. The monoisotopic (exact) mass is 344 g/mol. The maximum atomic E-state index is 12.6. The lowest BCUT2D eigenvalue weighted by Gasteiger charge is -2.34. The van der Waals surface area contributed by atoms with E-state index in [0.717, 1.165) is 28.3 Å². The first-order valence-electron chi connectivity index (χ1n) is 8.54. The van der Waals surface area contributed by atoms with Gasteiger partial charge in [-0.25, -0.2) is 4.98 Å². The Morgan fingerprint density at radius 2 is 1.92 bits per heavy atom. The van der Waals surface area contributed by atoms with Gasteiger partial charge in [0.05, 0.1) is 17.3 Å². The molecule has 0 aliphatic carbocycles. The second-order valence-corrected chi connectivity index (χ2v) is 7.76. The molecule has 0 saturated carbocycles. The molecule has 0 bridgehead atoms. The summed E-state index contributed by atoms with van der Waals surface area (Å²) in [5.41, 5.74) is 0.964. The van der Waals surface area contributed by atoms with Crippen molar-refractivity contribution in [2.75, 3.05) is 13.1 Å². The Bertz CT molecular complexity index is 676. The van der Waals surface area contributed by atoms with Crippen LogP contribution < -0.4 is 0 Å². The maximum absolute atomic E-state index is 12.6. The molecule has 1 unspecified atom stereocenters. The second kappa shape index (κ2) is 7.45. The van der Waals surface area contributed by atoms with Gasteiger partial charge in [-0.15, -0.1) is 11.3 Å². The van der Waals surface area contributed by atoms with Crippen LogP contribution in [0.5, 0.6) is 0 Å². The van der Waals surface area contributed by atoms with Crippen molar-refractivity contribution in [1.82, 2.24) is 9.88 Å². The number of carbonyl (C=O) groups excluding carboxylic acids is 1. The lowest BCUT2D eigenvalue weighted by atomic mass is 9.87. The van der Waals surface area contributed by atoms with Gasteiger partial charge in [-0.05, 0) is 24.3 Å². The lowest BCUT2D eigenvalue weighted by Crippen LogP contribution is -2.39. The number of thiazole rings is 1. The van der Waals surface area contributed by atoms with Crippen LogP contribution in [0.1, 0.15) is 59.0 Å². The maximum Gasteiger partial charge on any atom is 0.265 e. The number of benzene rings is 1. The molecule has 1 aliphatic heterocycles. The van der Waals surface area contributed by atoms with E-state index in [1.54, 1.807) is 6.20 Å². The van der Waals surface area contributed by atoms with E-state index in [4.69, 9.17) is 0 Å². The van der Waals surface area contributed by atoms with Crippen LogP contribution in [-0.2, 0) is 0 Å². The van der Waals surface area contributed by atoms with Crippen molar-refractivity contribution in [2.24, 2.45) is 5.92 Å². The number of piperidine rings is 1. The molecular weight excluding hydrogens is 320 g/mol. The van der Waals surface area contributed by atoms with Crippen molar-refractivity contribution in [1.29, 1.82) is 0 Å². The predicted octanol–water partition coefficient (Wildman–Crippen LogP) is 3.85. The Labute approximate surface area is 147 Å². The molecular formula is C19H24N2O2S. The molecule has 24 heavy (non-hydrogen) atoms. The second-order valence-electron chi connectivity index (χ2n) is 6.70. The molecule has 0 radical (unpaired) electrons. The predicted molar refractivity (Wildman–Crippen MR) is 96.2 cm³/mol. The minimum atomic E-state index is -0.445. The van der Waals surface area contributed by atoms with Crippen molar-refractivity contribution in [3.8, 4) is 0 Å². The number of amides is 1. The number of carbonyl (C=O) groups is 1. The molecule has 1 atom stereocenters. The summed E-state index contributed by atoms with van der Waals surface area (Å²) in [5, 5.41) is 11.5. The van der Waals surface area contributed by atoms with Crippen molar-refractivity contribution >= 4 is 17.2 Å². The zero-order chi connectivity index (χ0) is 17.1. The fourth-order valence-electron chi connectivity index (χ4n) is 3.15. The highest BCUT2D eigenvalue weighted by atomic mass is 32.1. The molecule has 1 aliphatic rings. The smallest absolute Gasteiger partial charge is 0.265 e. The van der Waals surface area contributed by atoms with Gasteiger partial charge in [0.15, 0.2) is 0 Å². The minimum Gasteiger partial charge on any atom is -0.388 e. The largest absolute Gasteiger partial charge is 0.388 e. The number of hydrogen-bond donors (Lipinski definition) is 1. The van der Waals surface area contributed by atoms with E-state index in [1.807, 2.05) is 35.2 Å². The van der Waals surface area contributed by atoms with E-state index in [2.05, 4.69) is 18.8 Å². The number of nitrogens with zero attached hydrogens (tertiary/aromatic N) is 2. The highest BCUT2D eigenvalue weighted by Gasteiger charge is 2.29. The molecule has 5 heteroatoms. The van der Waals surface area contributed by atoms with Gasteiger partial charge >= 0.3 is 0 Å². The van der Waals surface area contributed by atoms with Gasteiger partial charge in [0.2, 0.25) is 0 Å². The fourth-order valence-corrected chi connectivity index (χ4v) is 4.04. The molecule has 3 rings (SSSR count). The molecule has 1 amide bonds. The Morgan fingerprint density at radius 3 is 2.50 bits per heavy atom. The summed E-state index contributed by atoms with van der Waals surface area (Å²) in [5.74, 6) is 0.638. The molecule has 1 aromatic carbocycles. The molecule has 1 aromatic heterocycles. The summed E-state index contributed by atoms with van der Waals surface area (Å²) < 4.78 is 0. The van der Waals surface area contributed by atoms with Crippen molar-refractivity contribution in [2.45, 2.75) is 38.7 Å². The molecule has 0 spiro atoms. The summed E-state index contributed by atoms with van der Waals surface area (Å²) in [4.78, 5) is 19.6. The van der Waals surface area contributed by atoms with Gasteiger partial charge in [-0.1, -0.05) is 44.2 Å². The molecule has 1 N–H and O–H groups in total. The van der Waals surface area contributed by atoms with Crippen molar-refractivity contribution in [3.63, 3.8) is 0 Å². The number of aliphatic hydroxyl groups is 1. The Hall–Kier alpha value is -1.72. The normalized spacial score (nSPS) is 17.2. The van der Waals surface area contributed by atoms with Gasteiger partial charge in [0.25, 0.3) is 5.91 Å². The lowest BCUT2D eigenvalue weighted by molar-refractivity contribution is 0.0465. The zero-order valence-corrected chi connectivity index (χ0v) is 15.0. The quantitative estimate of drug-likeness (QED) is 0.916. The number of hydrogen-bond acceptors (Lipinski definition) is 4. The first kappa shape index (κ1) is 17.1. The third kappa shape index (κ3) is 3.68. The fraction of sp³-hybridized carbons (Fsp3) is 0.474. The van der Waals surface area contributed by atoms with Crippen LogP contribution in [0.15, 0.2) is 36.5 Å². The third-order valence-corrected chi connectivity index (χ3v) is 5.93. The average Bonchev–Trinajstić information content (AvgIpc) is 3.12. The van der Waals surface area contributed by atoms with E-state index in [-0.39, 0.29) is 11.8 Å². The van der Waals surface area contributed by atoms with Crippen LogP contribution in [-0.4, -0.2) is 34.0 Å². The standard InChI is InChI=1S/C19H24N2O2S/c1-13(2)18-20-12-16(24-18)19(23)21-10-8-15(9-11-21)17(22)14-6-4-3-5-7-14/h3-7,12-13,15,17,22H,8-11H2,1-2H3. The summed E-state index contributed by atoms with van der Waals surface area (Å²) >= 11 is 1.49. The average molecular weight is 344 g/mol. The molecule has 4 nitrogen and oxygen atoms in total. The summed E-state index contributed by atoms with van der Waals surface area (Å²) in [6, 6.07) is 9.79. The highest BCUT2D eigenvalue weighted by molar-refractivity contribution is 7.13. The zero-order valence-electron chi connectivity index (χ0n) is 14.2. The van der Waals surface area contributed by atoms with E-state index < -0.39 is 6.10 Å². The summed E-state index contributed by atoms with van der Waals surface area (Å²) in [7, 11) is 0. The van der Waals surface area contributed by atoms with Gasteiger partial charge in [0, 0.05) is 19.0 Å². The number of aromatic nitrogens is 1. The van der Waals surface area contributed by atoms with Crippen molar-refractivity contribution < 1.29 is 9.90 Å². The van der Waals surface area contributed by atoms with Crippen LogP contribution >= 0.6 is 11.3 Å². The summed E-state index contributed by atoms with van der Waals surface area (Å²) in [6.07, 6.45) is 2.92. The number of aliphatic hydroxyl groups excluding tert-OH is 1. The first-order valence-corrected chi connectivity index (χ1v) is 9.36. The van der Waals surface area contributed by atoms with Gasteiger partial charge in [-0.2, -0.15) is 0 Å². The van der Waals surface area contributed by atoms with Crippen LogP contribution in [0.25, 0.3) is 0 Å². The van der Waals surface area contributed by atoms with Crippen LogP contribution in [0.3, 0.4) is 0 Å². The number of rotatable bonds is 4. The molecule has 128 valence electrons. The molecule has 1 fully saturated rings. The van der Waals surface area contributed by atoms with E-state index >= 15 is 0 Å². The van der Waals surface area contributed by atoms with Gasteiger partial charge < -0.3 is 10.0 Å². The Morgan fingerprint density at radius 1 is 1.25 bits per heavy atom. The van der Waals surface area contributed by atoms with Gasteiger partial charge in [-0.3, -0.25) is 4.79 Å². The minimum absolute atomic E-state index is 0.0760. The third-order valence-electron chi connectivity index (χ3n) is 4.64. The Balaban J connectivity index is 1.59. The number of likely N-dealkylation sites (tertiary alicyclic amines) is 1. The molecule has 2 heterocycles. The van der Waals surface area contributed by atoms with E-state index in [9.17, 15) is 9.90 Å². The Kier molecular flexibility index (Phi) is 5.31. The molecule has 2 aromatic rings. The highest BCUT2D eigenvalue weighted by Crippen LogP contribution is 2.31. The molecule has 1 saturated heterocycles. The van der Waals surface area contributed by atoms with Crippen molar-refractivity contribution in [3.05, 3.63) is 52.0 Å².